The van der Waals surface area contributed by atoms with Crippen molar-refractivity contribution in [2.75, 3.05) is 6.61 Å². The van der Waals surface area contributed by atoms with Crippen LogP contribution in [0.1, 0.15) is 49.8 Å². The normalized spacial score (nSPS) is 24.1. The second-order valence-corrected chi connectivity index (χ2v) is 4.17. The molecule has 0 saturated carbocycles. The van der Waals surface area contributed by atoms with E-state index in [0.717, 1.165) is 30.7 Å². The van der Waals surface area contributed by atoms with E-state index in [9.17, 15) is 5.11 Å². The van der Waals surface area contributed by atoms with Crippen molar-refractivity contribution in [2.24, 2.45) is 0 Å². The van der Waals surface area contributed by atoms with Gasteiger partial charge in [-0.25, -0.2) is 4.68 Å². The van der Waals surface area contributed by atoms with Gasteiger partial charge in [0.2, 0.25) is 0 Å². The predicted molar refractivity (Wildman–Crippen MR) is 56.4 cm³/mol. The highest BCUT2D eigenvalue weighted by Gasteiger charge is 2.19. The van der Waals surface area contributed by atoms with Crippen LogP contribution in [0.25, 0.3) is 0 Å². The van der Waals surface area contributed by atoms with Crippen molar-refractivity contribution in [1.29, 1.82) is 0 Å². The Kier molecular flexibility index (Phi) is 3.07. The van der Waals surface area contributed by atoms with E-state index in [1.807, 2.05) is 17.8 Å². The first-order valence-corrected chi connectivity index (χ1v) is 5.54. The summed E-state index contributed by atoms with van der Waals surface area (Å²) in [6.45, 7) is 4.52. The summed E-state index contributed by atoms with van der Waals surface area (Å²) in [5, 5.41) is 13.9. The molecule has 1 fully saturated rings. The van der Waals surface area contributed by atoms with Gasteiger partial charge in [-0.3, -0.25) is 0 Å². The lowest BCUT2D eigenvalue weighted by Gasteiger charge is -2.22. The zero-order valence-corrected chi connectivity index (χ0v) is 9.31. The Balaban J connectivity index is 2.17. The van der Waals surface area contributed by atoms with Gasteiger partial charge in [-0.05, 0) is 38.7 Å². The molecule has 1 saturated heterocycles. The number of ether oxygens (including phenoxy) is 1. The van der Waals surface area contributed by atoms with E-state index in [2.05, 4.69) is 5.10 Å². The van der Waals surface area contributed by atoms with Gasteiger partial charge >= 0.3 is 0 Å². The van der Waals surface area contributed by atoms with Crippen LogP contribution < -0.4 is 0 Å². The molecule has 0 radical (unpaired) electrons. The summed E-state index contributed by atoms with van der Waals surface area (Å²) in [6.07, 6.45) is 4.85. The summed E-state index contributed by atoms with van der Waals surface area (Å²) in [5.41, 5.74) is 1.78. The molecule has 84 valence electrons. The monoisotopic (exact) mass is 210 g/mol. The number of aryl methyl sites for hydroxylation is 1. The number of aliphatic hydroxyl groups is 1. The third-order valence-corrected chi connectivity index (χ3v) is 2.80. The van der Waals surface area contributed by atoms with Gasteiger partial charge in [-0.15, -0.1) is 0 Å². The smallest absolute Gasteiger partial charge is 0.150 e. The maximum absolute atomic E-state index is 9.50. The molecule has 4 nitrogen and oxygen atoms in total. The fraction of sp³-hybridized carbons (Fsp3) is 0.727. The number of hydrogen-bond donors (Lipinski definition) is 1. The van der Waals surface area contributed by atoms with Crippen molar-refractivity contribution in [2.45, 2.75) is 45.4 Å². The van der Waals surface area contributed by atoms with E-state index in [-0.39, 0.29) is 6.23 Å². The molecule has 0 aromatic carbocycles. The maximum Gasteiger partial charge on any atom is 0.150 e. The summed E-state index contributed by atoms with van der Waals surface area (Å²) in [5.74, 6) is 0. The van der Waals surface area contributed by atoms with Crippen LogP contribution in [-0.4, -0.2) is 21.5 Å². The highest BCUT2D eigenvalue weighted by Crippen LogP contribution is 2.24. The first-order valence-electron chi connectivity index (χ1n) is 5.54. The molecule has 1 aliphatic heterocycles. The Morgan fingerprint density at radius 2 is 2.40 bits per heavy atom. The quantitative estimate of drug-likeness (QED) is 0.811. The van der Waals surface area contributed by atoms with Crippen LogP contribution in [0, 0.1) is 6.92 Å². The minimum atomic E-state index is -0.505. The maximum atomic E-state index is 9.50. The van der Waals surface area contributed by atoms with Crippen molar-refractivity contribution >= 4 is 0 Å². The minimum Gasteiger partial charge on any atom is -0.387 e. The Hall–Kier alpha value is -0.870. The third kappa shape index (κ3) is 2.21. The molecule has 4 heteroatoms. The Morgan fingerprint density at radius 3 is 2.93 bits per heavy atom. The summed E-state index contributed by atoms with van der Waals surface area (Å²) in [7, 11) is 0. The lowest BCUT2D eigenvalue weighted by atomic mass is 10.2. The fourth-order valence-electron chi connectivity index (χ4n) is 1.99. The molecule has 15 heavy (non-hydrogen) atoms. The molecule has 1 aliphatic rings. The molecule has 1 aromatic heterocycles. The summed E-state index contributed by atoms with van der Waals surface area (Å²) in [4.78, 5) is 0. The predicted octanol–water partition coefficient (Wildman–Crippen LogP) is 1.94. The third-order valence-electron chi connectivity index (χ3n) is 2.80. The zero-order valence-electron chi connectivity index (χ0n) is 9.31. The lowest BCUT2D eigenvalue weighted by molar-refractivity contribution is -0.0400. The second-order valence-electron chi connectivity index (χ2n) is 4.17. The van der Waals surface area contributed by atoms with Gasteiger partial charge < -0.3 is 9.84 Å². The highest BCUT2D eigenvalue weighted by atomic mass is 16.5. The van der Waals surface area contributed by atoms with E-state index < -0.39 is 6.10 Å². The van der Waals surface area contributed by atoms with Crippen molar-refractivity contribution in [3.8, 4) is 0 Å². The average Bonchev–Trinajstić information content (AvgIpc) is 2.62. The molecule has 0 amide bonds. The molecule has 2 rings (SSSR count). The summed E-state index contributed by atoms with van der Waals surface area (Å²) in [6, 6.07) is 0. The minimum absolute atomic E-state index is 0.0601. The van der Waals surface area contributed by atoms with Gasteiger partial charge in [-0.2, -0.15) is 5.10 Å². The van der Waals surface area contributed by atoms with Gasteiger partial charge in [0, 0.05) is 12.8 Å². The number of hydrogen-bond acceptors (Lipinski definition) is 3. The average molecular weight is 210 g/mol. The van der Waals surface area contributed by atoms with E-state index in [4.69, 9.17) is 4.74 Å². The van der Waals surface area contributed by atoms with E-state index in [1.165, 1.54) is 6.42 Å². The van der Waals surface area contributed by atoms with Gasteiger partial charge in [0.05, 0.1) is 11.8 Å². The molecule has 2 unspecified atom stereocenters. The van der Waals surface area contributed by atoms with Gasteiger partial charge in [0.15, 0.2) is 0 Å². The fourth-order valence-corrected chi connectivity index (χ4v) is 1.99. The second kappa shape index (κ2) is 4.33. The van der Waals surface area contributed by atoms with E-state index in [1.54, 1.807) is 6.92 Å². The van der Waals surface area contributed by atoms with E-state index in [0.29, 0.717) is 0 Å². The van der Waals surface area contributed by atoms with Gasteiger partial charge in [0.25, 0.3) is 0 Å². The standard InChI is InChI=1S/C11H18N2O2/c1-8-7-13(12-11(8)9(2)14)10-5-3-4-6-15-10/h7,9-10,14H,3-6H2,1-2H3. The molecule has 1 N–H and O–H groups in total. The summed E-state index contributed by atoms with van der Waals surface area (Å²) >= 11 is 0. The van der Waals surface area contributed by atoms with Crippen LogP contribution >= 0.6 is 0 Å². The number of aromatic nitrogens is 2. The first kappa shape index (κ1) is 10.6. The van der Waals surface area contributed by atoms with E-state index >= 15 is 0 Å². The van der Waals surface area contributed by atoms with Crippen molar-refractivity contribution in [3.63, 3.8) is 0 Å². The highest BCUT2D eigenvalue weighted by molar-refractivity contribution is 5.16. The van der Waals surface area contributed by atoms with Crippen molar-refractivity contribution in [3.05, 3.63) is 17.5 Å². The van der Waals surface area contributed by atoms with Crippen molar-refractivity contribution < 1.29 is 9.84 Å². The molecule has 0 spiro atoms. The molecular weight excluding hydrogens is 192 g/mol. The van der Waals surface area contributed by atoms with Crippen LogP contribution in [0.5, 0.6) is 0 Å². The molecule has 0 aliphatic carbocycles. The van der Waals surface area contributed by atoms with Gasteiger partial charge in [0.1, 0.15) is 6.23 Å². The van der Waals surface area contributed by atoms with Crippen LogP contribution in [0.2, 0.25) is 0 Å². The molecule has 1 aromatic rings. The molecule has 2 heterocycles. The van der Waals surface area contributed by atoms with Crippen LogP contribution in [0.3, 0.4) is 0 Å². The molecule has 0 bridgehead atoms. The zero-order chi connectivity index (χ0) is 10.8. The first-order chi connectivity index (χ1) is 7.18. The Morgan fingerprint density at radius 1 is 1.60 bits per heavy atom. The van der Waals surface area contributed by atoms with Crippen LogP contribution in [0.15, 0.2) is 6.20 Å². The molecule has 2 atom stereocenters. The van der Waals surface area contributed by atoms with Crippen molar-refractivity contribution in [1.82, 2.24) is 9.78 Å². The number of rotatable bonds is 2. The largest absolute Gasteiger partial charge is 0.387 e. The SMILES string of the molecule is Cc1cn(C2CCCCO2)nc1C(C)O. The van der Waals surface area contributed by atoms with Crippen LogP contribution in [-0.2, 0) is 4.74 Å². The Labute approximate surface area is 89.9 Å². The number of aliphatic hydroxyl groups excluding tert-OH is 1. The lowest BCUT2D eigenvalue weighted by Crippen LogP contribution is -2.18. The molecular formula is C11H18N2O2. The number of nitrogens with zero attached hydrogens (tertiary/aromatic N) is 2. The Bertz CT molecular complexity index is 327. The van der Waals surface area contributed by atoms with Gasteiger partial charge in [-0.1, -0.05) is 0 Å². The van der Waals surface area contributed by atoms with Crippen LogP contribution in [0.4, 0.5) is 0 Å². The topological polar surface area (TPSA) is 47.3 Å². The summed E-state index contributed by atoms with van der Waals surface area (Å²) < 4.78 is 7.47.